The van der Waals surface area contributed by atoms with Crippen molar-refractivity contribution in [2.24, 2.45) is 0 Å². The van der Waals surface area contributed by atoms with Crippen molar-refractivity contribution in [2.45, 2.75) is 44.7 Å². The Kier molecular flexibility index (Phi) is 4.42. The summed E-state index contributed by atoms with van der Waals surface area (Å²) >= 11 is 0. The van der Waals surface area contributed by atoms with E-state index in [1.54, 1.807) is 0 Å². The Labute approximate surface area is 149 Å². The molecule has 2 fully saturated rings. The van der Waals surface area contributed by atoms with Gasteiger partial charge in [-0.25, -0.2) is 4.79 Å². The highest BCUT2D eigenvalue weighted by atomic mass is 16.2. The number of likely N-dealkylation sites (N-methyl/N-ethyl adjacent to an activating group) is 1. The van der Waals surface area contributed by atoms with Gasteiger partial charge in [-0.15, -0.1) is 0 Å². The normalized spacial score (nSPS) is 23.8. The number of amides is 2. The average molecular weight is 340 g/mol. The highest BCUT2D eigenvalue weighted by Gasteiger charge is 2.35. The van der Waals surface area contributed by atoms with Gasteiger partial charge in [0.05, 0.1) is 0 Å². The number of fused-ring (bicyclic) bond motifs is 3. The molecule has 2 bridgehead atoms. The molecular weight excluding hydrogens is 312 g/mol. The summed E-state index contributed by atoms with van der Waals surface area (Å²) in [4.78, 5) is 20.5. The summed E-state index contributed by atoms with van der Waals surface area (Å²) < 4.78 is 0. The number of nitrogens with zero attached hydrogens (tertiary/aromatic N) is 2. The van der Waals surface area contributed by atoms with Crippen LogP contribution in [0.1, 0.15) is 30.5 Å². The molecule has 0 saturated carbocycles. The quantitative estimate of drug-likeness (QED) is 0.903. The minimum absolute atomic E-state index is 0.0958. The highest BCUT2D eigenvalue weighted by molar-refractivity contribution is 5.84. The molecule has 2 amide bonds. The second-order valence-corrected chi connectivity index (χ2v) is 7.54. The molecular formula is C20H28N4O. The lowest BCUT2D eigenvalue weighted by atomic mass is 10.1. The number of carbonyl (C=O) groups is 1. The minimum Gasteiger partial charge on any atom is -0.358 e. The second kappa shape index (κ2) is 6.71. The summed E-state index contributed by atoms with van der Waals surface area (Å²) in [6.45, 7) is 4.54. The van der Waals surface area contributed by atoms with E-state index in [0.29, 0.717) is 18.6 Å². The molecule has 2 N–H and O–H groups in total. The number of aryl methyl sites for hydroxylation is 1. The monoisotopic (exact) mass is 340 g/mol. The summed E-state index contributed by atoms with van der Waals surface area (Å²) in [6, 6.07) is 9.67. The van der Waals surface area contributed by atoms with E-state index in [0.717, 1.165) is 25.9 Å². The third kappa shape index (κ3) is 3.13. The number of aromatic nitrogens is 1. The van der Waals surface area contributed by atoms with Gasteiger partial charge in [-0.2, -0.15) is 0 Å². The SMILES string of the molecule is Cc1[nH]c2ccccc2c1CCNC(=O)N1CCC2CCC(C1)N2C. The fraction of sp³-hybridized carbons (Fsp3) is 0.550. The van der Waals surface area contributed by atoms with E-state index in [1.165, 1.54) is 35.0 Å². The molecule has 2 saturated heterocycles. The molecule has 5 heteroatoms. The van der Waals surface area contributed by atoms with Gasteiger partial charge in [0.2, 0.25) is 0 Å². The maximum Gasteiger partial charge on any atom is 0.317 e. The van der Waals surface area contributed by atoms with Crippen molar-refractivity contribution < 1.29 is 4.79 Å². The predicted molar refractivity (Wildman–Crippen MR) is 101 cm³/mol. The Morgan fingerprint density at radius 1 is 1.24 bits per heavy atom. The molecule has 0 aliphatic carbocycles. The van der Waals surface area contributed by atoms with Crippen molar-refractivity contribution in [3.05, 3.63) is 35.5 Å². The lowest BCUT2D eigenvalue weighted by molar-refractivity contribution is 0.188. The molecule has 25 heavy (non-hydrogen) atoms. The number of H-pyrrole nitrogens is 1. The van der Waals surface area contributed by atoms with E-state index in [4.69, 9.17) is 0 Å². The number of hydrogen-bond donors (Lipinski definition) is 2. The van der Waals surface area contributed by atoms with Crippen LogP contribution in [0.2, 0.25) is 0 Å². The van der Waals surface area contributed by atoms with Crippen LogP contribution in [0.15, 0.2) is 24.3 Å². The fourth-order valence-corrected chi connectivity index (χ4v) is 4.56. The number of carbonyl (C=O) groups excluding carboxylic acids is 1. The molecule has 2 atom stereocenters. The molecule has 5 nitrogen and oxygen atoms in total. The van der Waals surface area contributed by atoms with Crippen LogP contribution in [0.4, 0.5) is 4.79 Å². The Bertz CT molecular complexity index is 768. The van der Waals surface area contributed by atoms with Crippen molar-refractivity contribution in [3.63, 3.8) is 0 Å². The van der Waals surface area contributed by atoms with Crippen LogP contribution < -0.4 is 5.32 Å². The zero-order valence-corrected chi connectivity index (χ0v) is 15.2. The van der Waals surface area contributed by atoms with Crippen molar-refractivity contribution in [3.8, 4) is 0 Å². The molecule has 2 unspecified atom stereocenters. The minimum atomic E-state index is 0.0958. The van der Waals surface area contributed by atoms with Crippen LogP contribution in [0.3, 0.4) is 0 Å². The predicted octanol–water partition coefficient (Wildman–Crippen LogP) is 2.90. The standard InChI is InChI=1S/C20H28N4O/c1-14-17(18-5-3-4-6-19(18)22-14)9-11-21-20(25)24-12-10-15-7-8-16(13-24)23(15)2/h3-6,15-16,22H,7-13H2,1-2H3,(H,21,25). The highest BCUT2D eigenvalue weighted by Crippen LogP contribution is 2.28. The number of aromatic amines is 1. The first-order valence-corrected chi connectivity index (χ1v) is 9.44. The number of hydrogen-bond acceptors (Lipinski definition) is 2. The summed E-state index contributed by atoms with van der Waals surface area (Å²) in [5, 5.41) is 4.41. The first-order valence-electron chi connectivity index (χ1n) is 9.44. The van der Waals surface area contributed by atoms with Crippen molar-refractivity contribution >= 4 is 16.9 Å². The fourth-order valence-electron chi connectivity index (χ4n) is 4.56. The number of urea groups is 1. The van der Waals surface area contributed by atoms with Crippen LogP contribution in [0.5, 0.6) is 0 Å². The number of rotatable bonds is 3. The number of nitrogens with one attached hydrogen (secondary N) is 2. The zero-order valence-electron chi connectivity index (χ0n) is 15.2. The Morgan fingerprint density at radius 2 is 2.04 bits per heavy atom. The van der Waals surface area contributed by atoms with Crippen molar-refractivity contribution in [1.82, 2.24) is 20.1 Å². The van der Waals surface area contributed by atoms with Gasteiger partial charge >= 0.3 is 6.03 Å². The average Bonchev–Trinajstić information content (AvgIpc) is 3.03. The molecule has 1 aromatic heterocycles. The molecule has 1 aromatic carbocycles. The molecule has 2 aromatic rings. The lowest BCUT2D eigenvalue weighted by Gasteiger charge is -2.26. The van der Waals surface area contributed by atoms with E-state index in [-0.39, 0.29) is 6.03 Å². The van der Waals surface area contributed by atoms with Crippen LogP contribution in [-0.4, -0.2) is 59.6 Å². The Balaban J connectivity index is 1.35. The smallest absolute Gasteiger partial charge is 0.317 e. The summed E-state index contributed by atoms with van der Waals surface area (Å²) in [5.41, 5.74) is 3.68. The number of para-hydroxylation sites is 1. The summed E-state index contributed by atoms with van der Waals surface area (Å²) in [7, 11) is 2.21. The van der Waals surface area contributed by atoms with E-state index in [1.807, 2.05) is 11.0 Å². The van der Waals surface area contributed by atoms with Gasteiger partial charge in [-0.3, -0.25) is 4.90 Å². The largest absolute Gasteiger partial charge is 0.358 e. The molecule has 2 aliphatic rings. The van der Waals surface area contributed by atoms with Gasteiger partial charge in [0.25, 0.3) is 0 Å². The summed E-state index contributed by atoms with van der Waals surface area (Å²) in [5.74, 6) is 0. The van der Waals surface area contributed by atoms with Crippen LogP contribution in [0.25, 0.3) is 10.9 Å². The topological polar surface area (TPSA) is 51.4 Å². The molecule has 0 radical (unpaired) electrons. The molecule has 3 heterocycles. The second-order valence-electron chi connectivity index (χ2n) is 7.54. The zero-order chi connectivity index (χ0) is 17.4. The third-order valence-corrected chi connectivity index (χ3v) is 6.11. The first kappa shape index (κ1) is 16.5. The van der Waals surface area contributed by atoms with E-state index in [9.17, 15) is 4.79 Å². The van der Waals surface area contributed by atoms with Gasteiger partial charge in [0.15, 0.2) is 0 Å². The number of benzene rings is 1. The van der Waals surface area contributed by atoms with Crippen molar-refractivity contribution in [2.75, 3.05) is 26.7 Å². The van der Waals surface area contributed by atoms with Crippen LogP contribution >= 0.6 is 0 Å². The lowest BCUT2D eigenvalue weighted by Crippen LogP contribution is -2.45. The van der Waals surface area contributed by atoms with Gasteiger partial charge in [0.1, 0.15) is 0 Å². The third-order valence-electron chi connectivity index (χ3n) is 6.11. The maximum absolute atomic E-state index is 12.6. The Hall–Kier alpha value is -2.01. The van der Waals surface area contributed by atoms with Gasteiger partial charge in [-0.1, -0.05) is 18.2 Å². The first-order chi connectivity index (χ1) is 12.1. The van der Waals surface area contributed by atoms with Gasteiger partial charge < -0.3 is 15.2 Å². The molecule has 4 rings (SSSR count). The molecule has 134 valence electrons. The van der Waals surface area contributed by atoms with E-state index < -0.39 is 0 Å². The maximum atomic E-state index is 12.6. The van der Waals surface area contributed by atoms with Gasteiger partial charge in [0, 0.05) is 48.3 Å². The Morgan fingerprint density at radius 3 is 2.92 bits per heavy atom. The molecule has 2 aliphatic heterocycles. The van der Waals surface area contributed by atoms with Crippen LogP contribution in [0, 0.1) is 6.92 Å². The van der Waals surface area contributed by atoms with Gasteiger partial charge in [-0.05, 0) is 51.3 Å². The summed E-state index contributed by atoms with van der Waals surface area (Å²) in [6.07, 6.45) is 4.47. The molecule has 0 spiro atoms. The van der Waals surface area contributed by atoms with Crippen LogP contribution in [-0.2, 0) is 6.42 Å². The van der Waals surface area contributed by atoms with E-state index >= 15 is 0 Å². The van der Waals surface area contributed by atoms with Crippen molar-refractivity contribution in [1.29, 1.82) is 0 Å². The van der Waals surface area contributed by atoms with E-state index in [2.05, 4.69) is 47.4 Å². The number of likely N-dealkylation sites (tertiary alicyclic amines) is 1.